The van der Waals surface area contributed by atoms with Crippen LogP contribution in [-0.4, -0.2) is 48.9 Å². The van der Waals surface area contributed by atoms with E-state index in [-0.39, 0.29) is 18.5 Å². The molecular weight excluding hydrogens is 288 g/mol. The van der Waals surface area contributed by atoms with Gasteiger partial charge in [-0.3, -0.25) is 4.79 Å². The van der Waals surface area contributed by atoms with E-state index < -0.39 is 10.0 Å². The first kappa shape index (κ1) is 17.7. The lowest BCUT2D eigenvalue weighted by molar-refractivity contribution is -0.132. The molecule has 1 aromatic rings. The summed E-state index contributed by atoms with van der Waals surface area (Å²) in [5.74, 6) is -0.180. The van der Waals surface area contributed by atoms with Crippen LogP contribution in [-0.2, 0) is 21.4 Å². The van der Waals surface area contributed by atoms with Gasteiger partial charge in [0, 0.05) is 19.1 Å². The summed E-state index contributed by atoms with van der Waals surface area (Å²) in [6.07, 6.45) is 1.13. The average Bonchev–Trinajstić information content (AvgIpc) is 2.41. The van der Waals surface area contributed by atoms with Gasteiger partial charge in [0.25, 0.3) is 0 Å². The highest BCUT2D eigenvalue weighted by atomic mass is 32.2. The summed E-state index contributed by atoms with van der Waals surface area (Å²) in [5, 5.41) is 0. The second-order valence-corrected chi connectivity index (χ2v) is 7.23. The Morgan fingerprint density at radius 3 is 2.19 bits per heavy atom. The fourth-order valence-electron chi connectivity index (χ4n) is 2.10. The van der Waals surface area contributed by atoms with Crippen LogP contribution in [0.3, 0.4) is 0 Å². The smallest absolute Gasteiger partial charge is 0.238 e. The number of amides is 1. The summed E-state index contributed by atoms with van der Waals surface area (Å²) in [6.45, 7) is 6.34. The van der Waals surface area contributed by atoms with Crippen LogP contribution >= 0.6 is 0 Å². The first-order valence-electron chi connectivity index (χ1n) is 7.04. The highest BCUT2D eigenvalue weighted by Crippen LogP contribution is 2.09. The summed E-state index contributed by atoms with van der Waals surface area (Å²) in [5.41, 5.74) is 1.03. The third-order valence-electron chi connectivity index (χ3n) is 3.24. The molecule has 0 N–H and O–H groups in total. The first-order valence-corrected chi connectivity index (χ1v) is 8.89. The minimum atomic E-state index is -3.39. The minimum Gasteiger partial charge on any atom is -0.338 e. The molecule has 1 rings (SSSR count). The van der Waals surface area contributed by atoms with Gasteiger partial charge in [0.1, 0.15) is 0 Å². The van der Waals surface area contributed by atoms with Gasteiger partial charge in [-0.1, -0.05) is 30.3 Å². The van der Waals surface area contributed by atoms with Crippen LogP contribution in [0.2, 0.25) is 0 Å². The van der Waals surface area contributed by atoms with Crippen molar-refractivity contribution >= 4 is 15.9 Å². The zero-order valence-electron chi connectivity index (χ0n) is 13.1. The fourth-order valence-corrected chi connectivity index (χ4v) is 3.21. The maximum absolute atomic E-state index is 12.4. The van der Waals surface area contributed by atoms with Crippen LogP contribution in [0.1, 0.15) is 26.3 Å². The summed E-state index contributed by atoms with van der Waals surface area (Å²) < 4.78 is 24.7. The average molecular weight is 312 g/mol. The third kappa shape index (κ3) is 5.47. The number of sulfonamides is 1. The Balaban J connectivity index is 2.79. The number of nitrogens with zero attached hydrogens (tertiary/aromatic N) is 2. The summed E-state index contributed by atoms with van der Waals surface area (Å²) >= 11 is 0. The van der Waals surface area contributed by atoms with Crippen LogP contribution in [0.4, 0.5) is 0 Å². The highest BCUT2D eigenvalue weighted by Gasteiger charge is 2.25. The zero-order chi connectivity index (χ0) is 16.0. The second-order valence-electron chi connectivity index (χ2n) is 5.30. The van der Waals surface area contributed by atoms with E-state index >= 15 is 0 Å². The van der Waals surface area contributed by atoms with Crippen LogP contribution in [0, 0.1) is 0 Å². The van der Waals surface area contributed by atoms with Crippen molar-refractivity contribution < 1.29 is 13.2 Å². The number of likely N-dealkylation sites (N-methyl/N-ethyl adjacent to an activating group) is 1. The van der Waals surface area contributed by atoms with Crippen molar-refractivity contribution in [1.82, 2.24) is 9.21 Å². The molecule has 1 aromatic carbocycles. The van der Waals surface area contributed by atoms with Gasteiger partial charge in [0.2, 0.25) is 15.9 Å². The quantitative estimate of drug-likeness (QED) is 0.770. The van der Waals surface area contributed by atoms with Gasteiger partial charge in [0.15, 0.2) is 0 Å². The van der Waals surface area contributed by atoms with Gasteiger partial charge in [0.05, 0.1) is 12.8 Å². The van der Waals surface area contributed by atoms with Crippen molar-refractivity contribution in [3.05, 3.63) is 35.9 Å². The van der Waals surface area contributed by atoms with E-state index in [1.807, 2.05) is 37.3 Å². The number of hydrogen-bond donors (Lipinski definition) is 0. The molecule has 118 valence electrons. The molecule has 0 saturated carbocycles. The predicted octanol–water partition coefficient (Wildman–Crippen LogP) is 1.71. The lowest BCUT2D eigenvalue weighted by atomic mass is 10.2. The van der Waals surface area contributed by atoms with Crippen molar-refractivity contribution in [2.45, 2.75) is 33.4 Å². The van der Waals surface area contributed by atoms with E-state index in [0.29, 0.717) is 13.1 Å². The van der Waals surface area contributed by atoms with Gasteiger partial charge in [-0.25, -0.2) is 8.42 Å². The SMILES string of the molecule is CCN(Cc1ccccc1)C(=O)CN(C(C)C)S(C)(=O)=O. The minimum absolute atomic E-state index is 0.114. The predicted molar refractivity (Wildman–Crippen MR) is 84.2 cm³/mol. The molecule has 21 heavy (non-hydrogen) atoms. The van der Waals surface area contributed by atoms with Crippen LogP contribution in [0.15, 0.2) is 30.3 Å². The molecule has 0 fully saturated rings. The Labute approximate surface area is 127 Å². The molecule has 0 aromatic heterocycles. The Morgan fingerprint density at radius 1 is 1.19 bits per heavy atom. The summed E-state index contributed by atoms with van der Waals surface area (Å²) in [4.78, 5) is 14.0. The number of carbonyl (C=O) groups is 1. The van der Waals surface area contributed by atoms with Crippen molar-refractivity contribution in [3.63, 3.8) is 0 Å². The molecule has 0 aliphatic carbocycles. The summed E-state index contributed by atoms with van der Waals surface area (Å²) in [7, 11) is -3.39. The Hall–Kier alpha value is -1.40. The van der Waals surface area contributed by atoms with Crippen molar-refractivity contribution in [2.75, 3.05) is 19.3 Å². The van der Waals surface area contributed by atoms with Crippen LogP contribution in [0.5, 0.6) is 0 Å². The Bertz CT molecular complexity index is 556. The molecule has 0 radical (unpaired) electrons. The van der Waals surface area contributed by atoms with Gasteiger partial charge in [-0.2, -0.15) is 4.31 Å². The van der Waals surface area contributed by atoms with Crippen LogP contribution < -0.4 is 0 Å². The molecule has 0 aliphatic heterocycles. The Kier molecular flexibility index (Phi) is 6.36. The largest absolute Gasteiger partial charge is 0.338 e. The van der Waals surface area contributed by atoms with E-state index in [4.69, 9.17) is 0 Å². The van der Waals surface area contributed by atoms with E-state index in [1.54, 1.807) is 18.7 Å². The lowest BCUT2D eigenvalue weighted by Gasteiger charge is -2.27. The number of benzene rings is 1. The maximum atomic E-state index is 12.4. The topological polar surface area (TPSA) is 57.7 Å². The van der Waals surface area contributed by atoms with Crippen molar-refractivity contribution in [3.8, 4) is 0 Å². The highest BCUT2D eigenvalue weighted by molar-refractivity contribution is 7.88. The van der Waals surface area contributed by atoms with E-state index in [9.17, 15) is 13.2 Å². The van der Waals surface area contributed by atoms with Crippen molar-refractivity contribution in [1.29, 1.82) is 0 Å². The second kappa shape index (κ2) is 7.56. The molecule has 0 bridgehead atoms. The normalized spacial score (nSPS) is 11.9. The number of carbonyl (C=O) groups excluding carboxylic acids is 1. The molecule has 0 aliphatic rings. The third-order valence-corrected chi connectivity index (χ3v) is 4.65. The van der Waals surface area contributed by atoms with E-state index in [0.717, 1.165) is 11.8 Å². The molecule has 0 unspecified atom stereocenters. The van der Waals surface area contributed by atoms with E-state index in [1.165, 1.54) is 4.31 Å². The Morgan fingerprint density at radius 2 is 1.76 bits per heavy atom. The van der Waals surface area contributed by atoms with Gasteiger partial charge >= 0.3 is 0 Å². The molecule has 6 heteroatoms. The molecule has 0 heterocycles. The fraction of sp³-hybridized carbons (Fsp3) is 0.533. The molecule has 0 atom stereocenters. The molecule has 0 saturated heterocycles. The van der Waals surface area contributed by atoms with Gasteiger partial charge < -0.3 is 4.90 Å². The first-order chi connectivity index (χ1) is 9.75. The molecule has 0 spiro atoms. The number of rotatable bonds is 7. The maximum Gasteiger partial charge on any atom is 0.238 e. The van der Waals surface area contributed by atoms with Gasteiger partial charge in [-0.05, 0) is 26.3 Å². The van der Waals surface area contributed by atoms with Gasteiger partial charge in [-0.15, -0.1) is 0 Å². The number of hydrogen-bond acceptors (Lipinski definition) is 3. The van der Waals surface area contributed by atoms with Crippen LogP contribution in [0.25, 0.3) is 0 Å². The van der Waals surface area contributed by atoms with E-state index in [2.05, 4.69) is 0 Å². The lowest BCUT2D eigenvalue weighted by Crippen LogP contribution is -2.45. The zero-order valence-corrected chi connectivity index (χ0v) is 13.9. The molecular formula is C15H24N2O3S. The molecule has 1 amide bonds. The summed E-state index contributed by atoms with van der Waals surface area (Å²) in [6, 6.07) is 9.43. The molecule has 5 nitrogen and oxygen atoms in total. The monoisotopic (exact) mass is 312 g/mol. The van der Waals surface area contributed by atoms with Crippen molar-refractivity contribution in [2.24, 2.45) is 0 Å². The standard InChI is InChI=1S/C15H24N2O3S/c1-5-16(11-14-9-7-6-8-10-14)15(18)12-17(13(2)3)21(4,19)20/h6-10,13H,5,11-12H2,1-4H3.